The van der Waals surface area contributed by atoms with Crippen molar-refractivity contribution >= 4 is 11.8 Å². The predicted molar refractivity (Wildman–Crippen MR) is 45.8 cm³/mol. The van der Waals surface area contributed by atoms with E-state index < -0.39 is 0 Å². The van der Waals surface area contributed by atoms with Gasteiger partial charge in [-0.25, -0.2) is 0 Å². The molecule has 0 radical (unpaired) electrons. The summed E-state index contributed by atoms with van der Waals surface area (Å²) in [5, 5.41) is 0. The highest BCUT2D eigenvalue weighted by atomic mass is 16.5. The number of esters is 1. The Kier molecular flexibility index (Phi) is 6.34. The zero-order valence-corrected chi connectivity index (χ0v) is 7.76. The first-order valence-corrected chi connectivity index (χ1v) is 4.32. The molecule has 0 amide bonds. The van der Waals surface area contributed by atoms with Crippen molar-refractivity contribution in [2.45, 2.75) is 39.5 Å². The summed E-state index contributed by atoms with van der Waals surface area (Å²) in [6.07, 6.45) is 2.71. The van der Waals surface area contributed by atoms with Crippen LogP contribution in [0.25, 0.3) is 0 Å². The maximum absolute atomic E-state index is 10.9. The van der Waals surface area contributed by atoms with Gasteiger partial charge in [0.2, 0.25) is 0 Å². The molecule has 0 atom stereocenters. The fourth-order valence-corrected chi connectivity index (χ4v) is 0.889. The van der Waals surface area contributed by atoms with Crippen molar-refractivity contribution in [3.63, 3.8) is 0 Å². The Morgan fingerprint density at radius 2 is 1.92 bits per heavy atom. The Labute approximate surface area is 73.1 Å². The molecule has 0 unspecified atom stereocenters. The Bertz CT molecular complexity index is 152. The lowest BCUT2D eigenvalue weighted by Crippen LogP contribution is -2.03. The van der Waals surface area contributed by atoms with Gasteiger partial charge in [0.25, 0.3) is 0 Å². The molecule has 0 aromatic carbocycles. The molecule has 0 aliphatic rings. The van der Waals surface area contributed by atoms with Gasteiger partial charge in [-0.05, 0) is 12.8 Å². The SMILES string of the molecule is CCCC(=O)CCCOC(C)=O. The van der Waals surface area contributed by atoms with Crippen LogP contribution in [0.2, 0.25) is 0 Å². The molecule has 0 spiro atoms. The van der Waals surface area contributed by atoms with Crippen molar-refractivity contribution in [3.8, 4) is 0 Å². The van der Waals surface area contributed by atoms with Crippen LogP contribution in [0.5, 0.6) is 0 Å². The monoisotopic (exact) mass is 172 g/mol. The minimum Gasteiger partial charge on any atom is -0.466 e. The second-order valence-electron chi connectivity index (χ2n) is 2.73. The Hall–Kier alpha value is -0.860. The van der Waals surface area contributed by atoms with Crippen LogP contribution in [0.3, 0.4) is 0 Å². The van der Waals surface area contributed by atoms with Gasteiger partial charge in [-0.1, -0.05) is 6.92 Å². The molecule has 0 bridgehead atoms. The zero-order valence-electron chi connectivity index (χ0n) is 7.76. The highest BCUT2D eigenvalue weighted by Crippen LogP contribution is 1.98. The molecule has 0 saturated carbocycles. The molecule has 0 aromatic heterocycles. The molecular formula is C9H16O3. The van der Waals surface area contributed by atoms with E-state index in [9.17, 15) is 9.59 Å². The van der Waals surface area contributed by atoms with Crippen LogP contribution in [0.15, 0.2) is 0 Å². The summed E-state index contributed by atoms with van der Waals surface area (Å²) < 4.78 is 4.68. The Morgan fingerprint density at radius 1 is 1.25 bits per heavy atom. The number of carbonyl (C=O) groups excluding carboxylic acids is 2. The molecule has 0 N–H and O–H groups in total. The van der Waals surface area contributed by atoms with Gasteiger partial charge in [0.15, 0.2) is 0 Å². The molecule has 70 valence electrons. The number of carbonyl (C=O) groups is 2. The minimum atomic E-state index is -0.280. The van der Waals surface area contributed by atoms with Crippen LogP contribution < -0.4 is 0 Å². The quantitative estimate of drug-likeness (QED) is 0.452. The average Bonchev–Trinajstić information content (AvgIpc) is 1.98. The normalized spacial score (nSPS) is 9.50. The molecule has 0 heterocycles. The van der Waals surface area contributed by atoms with Gasteiger partial charge >= 0.3 is 5.97 Å². The van der Waals surface area contributed by atoms with Crippen LogP contribution in [0.4, 0.5) is 0 Å². The first-order chi connectivity index (χ1) is 5.66. The molecule has 0 saturated heterocycles. The number of Topliss-reactive ketones (excluding diaryl/α,β-unsaturated/α-hetero) is 1. The predicted octanol–water partition coefficient (Wildman–Crippen LogP) is 1.70. The summed E-state index contributed by atoms with van der Waals surface area (Å²) in [5.74, 6) is -0.0254. The van der Waals surface area contributed by atoms with Gasteiger partial charge in [0, 0.05) is 19.8 Å². The first kappa shape index (κ1) is 11.1. The third-order valence-electron chi connectivity index (χ3n) is 1.43. The van der Waals surface area contributed by atoms with Gasteiger partial charge in [0.1, 0.15) is 5.78 Å². The van der Waals surface area contributed by atoms with Gasteiger partial charge in [-0.15, -0.1) is 0 Å². The van der Waals surface area contributed by atoms with E-state index in [0.717, 1.165) is 6.42 Å². The molecule has 0 rings (SSSR count). The van der Waals surface area contributed by atoms with Crippen molar-refractivity contribution < 1.29 is 14.3 Å². The van der Waals surface area contributed by atoms with E-state index in [4.69, 9.17) is 0 Å². The van der Waals surface area contributed by atoms with Crippen LogP contribution in [0, 0.1) is 0 Å². The Morgan fingerprint density at radius 3 is 2.42 bits per heavy atom. The van der Waals surface area contributed by atoms with E-state index in [-0.39, 0.29) is 11.8 Å². The second-order valence-corrected chi connectivity index (χ2v) is 2.73. The molecule has 3 heteroatoms. The van der Waals surface area contributed by atoms with E-state index in [1.165, 1.54) is 6.92 Å². The first-order valence-electron chi connectivity index (χ1n) is 4.32. The molecule has 3 nitrogen and oxygen atoms in total. The summed E-state index contributed by atoms with van der Waals surface area (Å²) in [6, 6.07) is 0. The van der Waals surface area contributed by atoms with Crippen molar-refractivity contribution in [2.24, 2.45) is 0 Å². The smallest absolute Gasteiger partial charge is 0.302 e. The Balaban J connectivity index is 3.19. The summed E-state index contributed by atoms with van der Waals surface area (Å²) in [7, 11) is 0. The van der Waals surface area contributed by atoms with Gasteiger partial charge in [0.05, 0.1) is 6.61 Å². The van der Waals surface area contributed by atoms with Gasteiger partial charge in [-0.2, -0.15) is 0 Å². The second kappa shape index (κ2) is 6.83. The van der Waals surface area contributed by atoms with Crippen molar-refractivity contribution in [1.29, 1.82) is 0 Å². The van der Waals surface area contributed by atoms with Crippen LogP contribution in [-0.4, -0.2) is 18.4 Å². The number of hydrogen-bond acceptors (Lipinski definition) is 3. The summed E-state index contributed by atoms with van der Waals surface area (Å²) in [4.78, 5) is 21.3. The topological polar surface area (TPSA) is 43.4 Å². The third-order valence-corrected chi connectivity index (χ3v) is 1.43. The minimum absolute atomic E-state index is 0.254. The molecule has 0 fully saturated rings. The average molecular weight is 172 g/mol. The molecule has 12 heavy (non-hydrogen) atoms. The van der Waals surface area contributed by atoms with E-state index >= 15 is 0 Å². The lowest BCUT2D eigenvalue weighted by molar-refractivity contribution is -0.141. The van der Waals surface area contributed by atoms with Crippen molar-refractivity contribution in [2.75, 3.05) is 6.61 Å². The van der Waals surface area contributed by atoms with Crippen LogP contribution in [-0.2, 0) is 14.3 Å². The van der Waals surface area contributed by atoms with E-state index in [0.29, 0.717) is 25.9 Å². The highest BCUT2D eigenvalue weighted by Gasteiger charge is 2.00. The van der Waals surface area contributed by atoms with Crippen LogP contribution in [0.1, 0.15) is 39.5 Å². The molecule has 0 aromatic rings. The van der Waals surface area contributed by atoms with E-state index in [1.54, 1.807) is 0 Å². The van der Waals surface area contributed by atoms with Gasteiger partial charge < -0.3 is 4.74 Å². The number of hydrogen-bond donors (Lipinski definition) is 0. The largest absolute Gasteiger partial charge is 0.466 e. The summed E-state index contributed by atoms with van der Waals surface area (Å²) >= 11 is 0. The third kappa shape index (κ3) is 7.25. The summed E-state index contributed by atoms with van der Waals surface area (Å²) in [6.45, 7) is 3.71. The molecule has 0 aliphatic heterocycles. The highest BCUT2D eigenvalue weighted by molar-refractivity contribution is 5.78. The van der Waals surface area contributed by atoms with Crippen molar-refractivity contribution in [1.82, 2.24) is 0 Å². The number of ketones is 1. The maximum atomic E-state index is 10.9. The molecular weight excluding hydrogens is 156 g/mol. The van der Waals surface area contributed by atoms with Gasteiger partial charge in [-0.3, -0.25) is 9.59 Å². The fraction of sp³-hybridized carbons (Fsp3) is 0.778. The number of rotatable bonds is 6. The maximum Gasteiger partial charge on any atom is 0.302 e. The lowest BCUT2D eigenvalue weighted by atomic mass is 10.1. The zero-order chi connectivity index (χ0) is 9.40. The number of ether oxygens (including phenoxy) is 1. The fourth-order valence-electron chi connectivity index (χ4n) is 0.889. The standard InChI is InChI=1S/C9H16O3/c1-3-5-9(11)6-4-7-12-8(2)10/h3-7H2,1-2H3. The van der Waals surface area contributed by atoms with E-state index in [2.05, 4.69) is 4.74 Å². The van der Waals surface area contributed by atoms with Crippen LogP contribution >= 0.6 is 0 Å². The summed E-state index contributed by atoms with van der Waals surface area (Å²) in [5.41, 5.74) is 0. The molecule has 0 aliphatic carbocycles. The lowest BCUT2D eigenvalue weighted by Gasteiger charge is -2.00. The van der Waals surface area contributed by atoms with Crippen molar-refractivity contribution in [3.05, 3.63) is 0 Å². The van der Waals surface area contributed by atoms with E-state index in [1.807, 2.05) is 6.92 Å².